The van der Waals surface area contributed by atoms with Gasteiger partial charge in [-0.1, -0.05) is 43.3 Å². The molecule has 2 aromatic rings. The molecule has 2 heteroatoms. The average Bonchev–Trinajstić information content (AvgIpc) is 2.47. The fourth-order valence-electron chi connectivity index (χ4n) is 2.21. The van der Waals surface area contributed by atoms with Gasteiger partial charge < -0.3 is 10.5 Å². The molecule has 2 N–H and O–H groups in total. The van der Waals surface area contributed by atoms with E-state index < -0.39 is 0 Å². The van der Waals surface area contributed by atoms with Crippen molar-refractivity contribution >= 4 is 0 Å². The SMILES string of the molecule is CCc1ccccc1OCC(N)c1ccc(C)c(C)c1. The molecule has 2 nitrogen and oxygen atoms in total. The van der Waals surface area contributed by atoms with Crippen molar-refractivity contribution in [2.75, 3.05) is 6.61 Å². The lowest BCUT2D eigenvalue weighted by molar-refractivity contribution is 0.288. The van der Waals surface area contributed by atoms with Crippen molar-refractivity contribution in [1.29, 1.82) is 0 Å². The largest absolute Gasteiger partial charge is 0.491 e. The molecular weight excluding hydrogens is 246 g/mol. The number of nitrogens with two attached hydrogens (primary N) is 1. The highest BCUT2D eigenvalue weighted by Gasteiger charge is 2.09. The molecule has 20 heavy (non-hydrogen) atoms. The van der Waals surface area contributed by atoms with E-state index in [0.717, 1.165) is 17.7 Å². The van der Waals surface area contributed by atoms with E-state index in [4.69, 9.17) is 10.5 Å². The van der Waals surface area contributed by atoms with E-state index in [9.17, 15) is 0 Å². The van der Waals surface area contributed by atoms with Crippen molar-refractivity contribution in [3.63, 3.8) is 0 Å². The monoisotopic (exact) mass is 269 g/mol. The van der Waals surface area contributed by atoms with Gasteiger partial charge in [-0.25, -0.2) is 0 Å². The van der Waals surface area contributed by atoms with Gasteiger partial charge in [0.25, 0.3) is 0 Å². The number of aryl methyl sites for hydroxylation is 3. The quantitative estimate of drug-likeness (QED) is 0.892. The lowest BCUT2D eigenvalue weighted by atomic mass is 10.0. The van der Waals surface area contributed by atoms with Crippen LogP contribution in [0.25, 0.3) is 0 Å². The van der Waals surface area contributed by atoms with Gasteiger partial charge in [-0.15, -0.1) is 0 Å². The second-order valence-electron chi connectivity index (χ2n) is 5.22. The molecule has 0 radical (unpaired) electrons. The Morgan fingerprint density at radius 2 is 1.80 bits per heavy atom. The smallest absolute Gasteiger partial charge is 0.122 e. The second-order valence-corrected chi connectivity index (χ2v) is 5.22. The second kappa shape index (κ2) is 6.58. The number of hydrogen-bond donors (Lipinski definition) is 1. The molecule has 0 aliphatic rings. The minimum Gasteiger partial charge on any atom is -0.491 e. The molecule has 0 heterocycles. The van der Waals surface area contributed by atoms with Gasteiger partial charge in [0.2, 0.25) is 0 Å². The van der Waals surface area contributed by atoms with Crippen LogP contribution in [0.2, 0.25) is 0 Å². The Kier molecular flexibility index (Phi) is 4.80. The minimum absolute atomic E-state index is 0.0980. The van der Waals surface area contributed by atoms with Crippen molar-refractivity contribution < 1.29 is 4.74 Å². The molecule has 0 spiro atoms. The van der Waals surface area contributed by atoms with Crippen LogP contribution in [-0.4, -0.2) is 6.61 Å². The molecule has 2 rings (SSSR count). The van der Waals surface area contributed by atoms with Gasteiger partial charge in [0.1, 0.15) is 12.4 Å². The molecule has 1 unspecified atom stereocenters. The fraction of sp³-hybridized carbons (Fsp3) is 0.333. The molecular formula is C18H23NO. The van der Waals surface area contributed by atoms with Crippen molar-refractivity contribution in [3.05, 3.63) is 64.7 Å². The van der Waals surface area contributed by atoms with Crippen molar-refractivity contribution in [2.45, 2.75) is 33.2 Å². The molecule has 0 fully saturated rings. The normalized spacial score (nSPS) is 12.2. The van der Waals surface area contributed by atoms with Gasteiger partial charge in [-0.3, -0.25) is 0 Å². The highest BCUT2D eigenvalue weighted by Crippen LogP contribution is 2.21. The molecule has 106 valence electrons. The van der Waals surface area contributed by atoms with E-state index >= 15 is 0 Å². The van der Waals surface area contributed by atoms with Gasteiger partial charge in [0, 0.05) is 0 Å². The van der Waals surface area contributed by atoms with Gasteiger partial charge >= 0.3 is 0 Å². The maximum absolute atomic E-state index is 6.23. The third kappa shape index (κ3) is 3.40. The van der Waals surface area contributed by atoms with Crippen LogP contribution in [0.1, 0.15) is 35.2 Å². The predicted octanol–water partition coefficient (Wildman–Crippen LogP) is 3.94. The van der Waals surface area contributed by atoms with E-state index in [1.807, 2.05) is 18.2 Å². The molecule has 1 atom stereocenters. The minimum atomic E-state index is -0.0980. The van der Waals surface area contributed by atoms with Crippen LogP contribution in [0.3, 0.4) is 0 Å². The summed E-state index contributed by atoms with van der Waals surface area (Å²) in [6, 6.07) is 14.4. The van der Waals surface area contributed by atoms with Gasteiger partial charge in [0.05, 0.1) is 6.04 Å². The Bertz CT molecular complexity index is 577. The predicted molar refractivity (Wildman–Crippen MR) is 84.2 cm³/mol. The summed E-state index contributed by atoms with van der Waals surface area (Å²) in [7, 11) is 0. The lowest BCUT2D eigenvalue weighted by Crippen LogP contribution is -2.19. The Morgan fingerprint density at radius 3 is 2.50 bits per heavy atom. The van der Waals surface area contributed by atoms with Crippen LogP contribution in [0, 0.1) is 13.8 Å². The zero-order chi connectivity index (χ0) is 14.5. The number of ether oxygens (including phenoxy) is 1. The van der Waals surface area contributed by atoms with Gasteiger partial charge in [-0.2, -0.15) is 0 Å². The first-order chi connectivity index (χ1) is 9.61. The van der Waals surface area contributed by atoms with Gasteiger partial charge in [0.15, 0.2) is 0 Å². The Morgan fingerprint density at radius 1 is 1.05 bits per heavy atom. The van der Waals surface area contributed by atoms with Crippen LogP contribution in [0.4, 0.5) is 0 Å². The summed E-state index contributed by atoms with van der Waals surface area (Å²) < 4.78 is 5.89. The lowest BCUT2D eigenvalue weighted by Gasteiger charge is -2.16. The molecule has 0 aliphatic heterocycles. The first-order valence-electron chi connectivity index (χ1n) is 7.15. The van der Waals surface area contributed by atoms with Gasteiger partial charge in [-0.05, 0) is 48.6 Å². The first kappa shape index (κ1) is 14.6. The summed E-state index contributed by atoms with van der Waals surface area (Å²) in [4.78, 5) is 0. The number of hydrogen-bond acceptors (Lipinski definition) is 2. The van der Waals surface area contributed by atoms with Crippen LogP contribution in [0.5, 0.6) is 5.75 Å². The van der Waals surface area contributed by atoms with E-state index in [1.165, 1.54) is 16.7 Å². The first-order valence-corrected chi connectivity index (χ1v) is 7.15. The molecule has 0 bridgehead atoms. The summed E-state index contributed by atoms with van der Waals surface area (Å²) >= 11 is 0. The summed E-state index contributed by atoms with van der Waals surface area (Å²) in [6.07, 6.45) is 0.967. The highest BCUT2D eigenvalue weighted by molar-refractivity contribution is 5.34. The molecule has 0 amide bonds. The number of para-hydroxylation sites is 1. The average molecular weight is 269 g/mol. The van der Waals surface area contributed by atoms with E-state index in [1.54, 1.807) is 0 Å². The topological polar surface area (TPSA) is 35.2 Å². The fourth-order valence-corrected chi connectivity index (χ4v) is 2.21. The number of rotatable bonds is 5. The molecule has 2 aromatic carbocycles. The third-order valence-corrected chi connectivity index (χ3v) is 3.73. The summed E-state index contributed by atoms with van der Waals surface area (Å²) in [5.74, 6) is 0.939. The standard InChI is InChI=1S/C18H23NO/c1-4-15-7-5-6-8-18(15)20-12-17(19)16-10-9-13(2)14(3)11-16/h5-11,17H,4,12,19H2,1-3H3. The number of benzene rings is 2. The van der Waals surface area contributed by atoms with Crippen molar-refractivity contribution in [3.8, 4) is 5.75 Å². The Balaban J connectivity index is 2.04. The van der Waals surface area contributed by atoms with E-state index in [0.29, 0.717) is 6.61 Å². The summed E-state index contributed by atoms with van der Waals surface area (Å²) in [6.45, 7) is 6.85. The van der Waals surface area contributed by atoms with Crippen molar-refractivity contribution in [2.24, 2.45) is 5.73 Å². The zero-order valence-corrected chi connectivity index (χ0v) is 12.5. The third-order valence-electron chi connectivity index (χ3n) is 3.73. The van der Waals surface area contributed by atoms with E-state index in [-0.39, 0.29) is 6.04 Å². The maximum Gasteiger partial charge on any atom is 0.122 e. The van der Waals surface area contributed by atoms with Crippen LogP contribution in [0.15, 0.2) is 42.5 Å². The Hall–Kier alpha value is -1.80. The van der Waals surface area contributed by atoms with Crippen LogP contribution in [-0.2, 0) is 6.42 Å². The molecule has 0 saturated carbocycles. The maximum atomic E-state index is 6.23. The van der Waals surface area contributed by atoms with Crippen LogP contribution >= 0.6 is 0 Å². The van der Waals surface area contributed by atoms with Crippen molar-refractivity contribution in [1.82, 2.24) is 0 Å². The summed E-state index contributed by atoms with van der Waals surface area (Å²) in [5.41, 5.74) is 11.1. The molecule has 0 saturated heterocycles. The van der Waals surface area contributed by atoms with Crippen LogP contribution < -0.4 is 10.5 Å². The zero-order valence-electron chi connectivity index (χ0n) is 12.5. The Labute approximate surface area is 121 Å². The summed E-state index contributed by atoms with van der Waals surface area (Å²) in [5, 5.41) is 0. The highest BCUT2D eigenvalue weighted by atomic mass is 16.5. The molecule has 0 aromatic heterocycles. The molecule has 0 aliphatic carbocycles. The van der Waals surface area contributed by atoms with E-state index in [2.05, 4.69) is 45.0 Å².